The minimum Gasteiger partial charge on any atom is -0.462 e. The fourth-order valence-corrected chi connectivity index (χ4v) is 1.59. The first-order valence-corrected chi connectivity index (χ1v) is 6.98. The Labute approximate surface area is 121 Å². The van der Waals surface area contributed by atoms with Gasteiger partial charge in [0.15, 0.2) is 0 Å². The van der Waals surface area contributed by atoms with Gasteiger partial charge in [-0.1, -0.05) is 32.0 Å². The highest BCUT2D eigenvalue weighted by molar-refractivity contribution is 6.04. The Balaban J connectivity index is 2.81. The van der Waals surface area contributed by atoms with Crippen molar-refractivity contribution in [2.45, 2.75) is 40.7 Å². The minimum atomic E-state index is -0.189. The molecule has 0 atom stereocenters. The van der Waals surface area contributed by atoms with Crippen LogP contribution in [-0.2, 0) is 4.74 Å². The maximum absolute atomic E-state index is 12.2. The summed E-state index contributed by atoms with van der Waals surface area (Å²) in [5.41, 5.74) is 1.56. The van der Waals surface area contributed by atoms with Gasteiger partial charge in [-0.25, -0.2) is 4.99 Å². The van der Waals surface area contributed by atoms with Crippen LogP contribution in [0, 0.1) is 12.8 Å². The molecule has 0 aliphatic rings. The molecule has 0 aliphatic heterocycles. The zero-order valence-corrected chi connectivity index (χ0v) is 12.9. The zero-order valence-electron chi connectivity index (χ0n) is 12.9. The van der Waals surface area contributed by atoms with E-state index >= 15 is 0 Å². The Morgan fingerprint density at radius 1 is 1.25 bits per heavy atom. The van der Waals surface area contributed by atoms with Gasteiger partial charge in [0.1, 0.15) is 0 Å². The normalized spacial score (nSPS) is 11.8. The largest absolute Gasteiger partial charge is 0.462 e. The second-order valence-electron chi connectivity index (χ2n) is 5.48. The van der Waals surface area contributed by atoms with Crippen LogP contribution in [0.4, 0.5) is 0 Å². The summed E-state index contributed by atoms with van der Waals surface area (Å²) in [7, 11) is 0. The molecule has 0 fully saturated rings. The van der Waals surface area contributed by atoms with Gasteiger partial charge in [0, 0.05) is 12.1 Å². The molecular weight excluding hydrogens is 252 g/mol. The van der Waals surface area contributed by atoms with E-state index in [9.17, 15) is 4.79 Å². The number of aliphatic imine (C=N–C) groups is 1. The van der Waals surface area contributed by atoms with Gasteiger partial charge < -0.3 is 4.74 Å². The summed E-state index contributed by atoms with van der Waals surface area (Å²) in [6.07, 6.45) is -0.0296. The lowest BCUT2D eigenvalue weighted by atomic mass is 10.1. The van der Waals surface area contributed by atoms with E-state index in [0.29, 0.717) is 24.0 Å². The Bertz CT molecular complexity index is 479. The molecule has 0 radical (unpaired) electrons. The van der Waals surface area contributed by atoms with E-state index in [4.69, 9.17) is 4.74 Å². The summed E-state index contributed by atoms with van der Waals surface area (Å²) in [6.45, 7) is 10.5. The molecule has 0 aromatic heterocycles. The number of amidine groups is 1. The topological polar surface area (TPSA) is 50.7 Å². The van der Waals surface area contributed by atoms with Crippen LogP contribution < -0.4 is 5.32 Å². The molecule has 1 amide bonds. The van der Waals surface area contributed by atoms with Crippen molar-refractivity contribution in [3.63, 3.8) is 0 Å². The van der Waals surface area contributed by atoms with E-state index in [1.165, 1.54) is 0 Å². The highest BCUT2D eigenvalue weighted by atomic mass is 16.5. The van der Waals surface area contributed by atoms with Crippen LogP contribution in [0.25, 0.3) is 0 Å². The van der Waals surface area contributed by atoms with E-state index in [-0.39, 0.29) is 12.0 Å². The summed E-state index contributed by atoms with van der Waals surface area (Å²) < 4.78 is 5.55. The molecule has 20 heavy (non-hydrogen) atoms. The number of amides is 1. The van der Waals surface area contributed by atoms with Crippen molar-refractivity contribution in [3.05, 3.63) is 35.4 Å². The number of rotatable bonds is 4. The monoisotopic (exact) mass is 276 g/mol. The van der Waals surface area contributed by atoms with Crippen LogP contribution in [0.15, 0.2) is 29.3 Å². The van der Waals surface area contributed by atoms with Crippen LogP contribution in [0.3, 0.4) is 0 Å². The Morgan fingerprint density at radius 2 is 1.90 bits per heavy atom. The maximum atomic E-state index is 12.2. The van der Waals surface area contributed by atoms with Crippen molar-refractivity contribution < 1.29 is 9.53 Å². The molecule has 110 valence electrons. The van der Waals surface area contributed by atoms with Gasteiger partial charge >= 0.3 is 0 Å². The molecule has 0 saturated heterocycles. The number of carbonyl (C=O) groups is 1. The summed E-state index contributed by atoms with van der Waals surface area (Å²) in [5, 5.41) is 2.75. The number of ether oxygens (including phenoxy) is 1. The predicted molar refractivity (Wildman–Crippen MR) is 82.0 cm³/mol. The van der Waals surface area contributed by atoms with Gasteiger partial charge in [0.25, 0.3) is 11.9 Å². The second kappa shape index (κ2) is 7.68. The summed E-state index contributed by atoms with van der Waals surface area (Å²) >= 11 is 0. The number of nitrogens with one attached hydrogen (secondary N) is 1. The molecule has 1 aromatic carbocycles. The van der Waals surface area contributed by atoms with Crippen molar-refractivity contribution in [1.29, 1.82) is 0 Å². The minimum absolute atomic E-state index is 0.0296. The lowest BCUT2D eigenvalue weighted by Crippen LogP contribution is -2.35. The molecule has 0 unspecified atom stereocenters. The molecule has 0 aliphatic carbocycles. The van der Waals surface area contributed by atoms with E-state index in [1.807, 2.05) is 39.0 Å². The number of hydrogen-bond donors (Lipinski definition) is 1. The molecule has 0 saturated carbocycles. The third-order valence-electron chi connectivity index (χ3n) is 2.56. The number of nitrogens with zero attached hydrogens (tertiary/aromatic N) is 1. The van der Waals surface area contributed by atoms with E-state index in [1.54, 1.807) is 6.07 Å². The molecule has 0 heterocycles. The highest BCUT2D eigenvalue weighted by Crippen LogP contribution is 2.07. The van der Waals surface area contributed by atoms with Crippen molar-refractivity contribution in [2.75, 3.05) is 6.54 Å². The molecule has 0 spiro atoms. The molecule has 1 rings (SSSR count). The molecule has 1 N–H and O–H groups in total. The number of aryl methyl sites for hydroxylation is 1. The number of carbonyl (C=O) groups excluding carboxylic acids is 1. The molecular formula is C16H24N2O2. The second-order valence-corrected chi connectivity index (χ2v) is 5.48. The molecule has 0 bridgehead atoms. The van der Waals surface area contributed by atoms with Crippen LogP contribution in [0.2, 0.25) is 0 Å². The van der Waals surface area contributed by atoms with Crippen LogP contribution in [-0.4, -0.2) is 24.6 Å². The van der Waals surface area contributed by atoms with Crippen LogP contribution >= 0.6 is 0 Å². The third-order valence-corrected chi connectivity index (χ3v) is 2.56. The smallest absolute Gasteiger partial charge is 0.291 e. The van der Waals surface area contributed by atoms with Crippen molar-refractivity contribution >= 4 is 11.9 Å². The number of benzene rings is 1. The first kappa shape index (κ1) is 16.2. The van der Waals surface area contributed by atoms with Crippen LogP contribution in [0.5, 0.6) is 0 Å². The van der Waals surface area contributed by atoms with Crippen molar-refractivity contribution in [3.8, 4) is 0 Å². The first-order valence-electron chi connectivity index (χ1n) is 6.98. The summed E-state index contributed by atoms with van der Waals surface area (Å²) in [4.78, 5) is 16.6. The quantitative estimate of drug-likeness (QED) is 0.678. The van der Waals surface area contributed by atoms with Gasteiger partial charge in [-0.05, 0) is 38.3 Å². The average Bonchev–Trinajstić information content (AvgIpc) is 2.35. The van der Waals surface area contributed by atoms with Gasteiger partial charge in [-0.3, -0.25) is 10.1 Å². The van der Waals surface area contributed by atoms with E-state index < -0.39 is 0 Å². The number of hydrogen-bond acceptors (Lipinski definition) is 3. The standard InChI is InChI=1S/C16H24N2O2/c1-11(2)10-17-16(20-12(3)4)18-15(19)14-9-7-6-8-13(14)5/h6-9,11-12H,10H2,1-5H3,(H,17,18,19). The Kier molecular flexibility index (Phi) is 6.22. The van der Waals surface area contributed by atoms with Gasteiger partial charge in [-0.15, -0.1) is 0 Å². The van der Waals surface area contributed by atoms with Gasteiger partial charge in [0.2, 0.25) is 0 Å². The fraction of sp³-hybridized carbons (Fsp3) is 0.500. The fourth-order valence-electron chi connectivity index (χ4n) is 1.59. The molecule has 4 nitrogen and oxygen atoms in total. The van der Waals surface area contributed by atoms with Crippen molar-refractivity contribution in [2.24, 2.45) is 10.9 Å². The van der Waals surface area contributed by atoms with Gasteiger partial charge in [0.05, 0.1) is 6.10 Å². The zero-order chi connectivity index (χ0) is 15.1. The lowest BCUT2D eigenvalue weighted by Gasteiger charge is -2.14. The van der Waals surface area contributed by atoms with E-state index in [0.717, 1.165) is 5.56 Å². The maximum Gasteiger partial charge on any atom is 0.291 e. The highest BCUT2D eigenvalue weighted by Gasteiger charge is 2.13. The van der Waals surface area contributed by atoms with Crippen molar-refractivity contribution in [1.82, 2.24) is 5.32 Å². The SMILES string of the molecule is Cc1ccccc1C(=O)NC(=NCC(C)C)OC(C)C. The third kappa shape index (κ3) is 5.43. The predicted octanol–water partition coefficient (Wildman–Crippen LogP) is 3.16. The van der Waals surface area contributed by atoms with Gasteiger partial charge in [-0.2, -0.15) is 0 Å². The summed E-state index contributed by atoms with van der Waals surface area (Å²) in [5.74, 6) is 0.224. The first-order chi connectivity index (χ1) is 9.40. The Morgan fingerprint density at radius 3 is 2.45 bits per heavy atom. The molecule has 4 heteroatoms. The van der Waals surface area contributed by atoms with Crippen LogP contribution in [0.1, 0.15) is 43.6 Å². The van der Waals surface area contributed by atoms with E-state index in [2.05, 4.69) is 24.2 Å². The summed E-state index contributed by atoms with van der Waals surface area (Å²) in [6, 6.07) is 7.74. The average molecular weight is 276 g/mol. The Hall–Kier alpha value is -1.84. The lowest BCUT2D eigenvalue weighted by molar-refractivity contribution is 0.0959. The molecule has 1 aromatic rings.